The summed E-state index contributed by atoms with van der Waals surface area (Å²) in [6.07, 6.45) is -26.6. The third-order valence-electron chi connectivity index (χ3n) is 20.4. The number of nitrogens with zero attached hydrogens (tertiary/aromatic N) is 12. The lowest BCUT2D eigenvalue weighted by molar-refractivity contribution is -0.0674. The van der Waals surface area contributed by atoms with E-state index < -0.39 is 271 Å². The zero-order chi connectivity index (χ0) is 86.4. The second-order valence-electron chi connectivity index (χ2n) is 28.2. The summed E-state index contributed by atoms with van der Waals surface area (Å²) in [5.41, 5.74) is 2.66. The fourth-order valence-electron chi connectivity index (χ4n) is 14.6. The number of aryl methyl sites for hydroxylation is 2. The van der Waals surface area contributed by atoms with Crippen molar-refractivity contribution < 1.29 is 141 Å². The summed E-state index contributed by atoms with van der Waals surface area (Å²) in [6, 6.07) is 0. The van der Waals surface area contributed by atoms with Gasteiger partial charge in [-0.15, -0.1) is 0 Å². The first-order valence-corrected chi connectivity index (χ1v) is 43.5. The molecule has 7 aliphatic heterocycles. The van der Waals surface area contributed by atoms with Gasteiger partial charge in [-0.1, -0.05) is 0 Å². The molecular weight excluding hydrogens is 1740 g/mol. The zero-order valence-corrected chi connectivity index (χ0v) is 67.3. The number of H-pyrrole nitrogens is 4. The minimum absolute atomic E-state index is 0.0556. The van der Waals surface area contributed by atoms with Gasteiger partial charge in [0.05, 0.1) is 69.5 Å². The quantitative estimate of drug-likeness (QED) is 0.0222. The number of hydrogen-bond acceptors (Lipinski definition) is 41. The molecule has 0 amide bonds. The Balaban J connectivity index is 0.675. The van der Waals surface area contributed by atoms with Crippen LogP contribution in [0.2, 0.25) is 0 Å². The molecule has 0 aromatic carbocycles. The summed E-state index contributed by atoms with van der Waals surface area (Å²) in [6.45, 7) is -3.57. The van der Waals surface area contributed by atoms with Crippen molar-refractivity contribution in [3.63, 3.8) is 0 Å². The predicted molar refractivity (Wildman–Crippen MR) is 393 cm³/mol. The first-order valence-electron chi connectivity index (χ1n) is 36.0. The number of anilines is 2. The van der Waals surface area contributed by atoms with Crippen molar-refractivity contribution in [3.8, 4) is 11.1 Å². The van der Waals surface area contributed by atoms with Gasteiger partial charge in [0, 0.05) is 75.8 Å². The number of phosphoric acid groups is 5. The molecule has 61 heteroatoms. The van der Waals surface area contributed by atoms with Crippen LogP contribution in [0.3, 0.4) is 0 Å². The Morgan fingerprint density at radius 3 is 1.36 bits per heavy atom. The Hall–Kier alpha value is -8.43. The number of fused-ring (bicyclic) bond motifs is 13. The summed E-state index contributed by atoms with van der Waals surface area (Å²) in [5, 5.41) is 21.1. The van der Waals surface area contributed by atoms with Crippen molar-refractivity contribution in [2.24, 2.45) is 0 Å². The van der Waals surface area contributed by atoms with Gasteiger partial charge in [0.15, 0.2) is 35.4 Å². The van der Waals surface area contributed by atoms with Gasteiger partial charge in [-0.25, -0.2) is 71.9 Å². The highest BCUT2D eigenvalue weighted by atomic mass is 31.2. The molecular formula is C60H75N18O38P5. The summed E-state index contributed by atoms with van der Waals surface area (Å²) < 4.78 is 180. The maximum Gasteiger partial charge on any atom is 0.472 e. The fourth-order valence-corrected chi connectivity index (χ4v) is 19.4. The van der Waals surface area contributed by atoms with Crippen molar-refractivity contribution in [1.29, 1.82) is 0 Å². The maximum atomic E-state index is 14.6. The lowest BCUT2D eigenvalue weighted by atomic mass is 10.1. The first-order chi connectivity index (χ1) is 57.3. The third-order valence-corrected chi connectivity index (χ3v) is 25.5. The molecule has 15 heterocycles. The number of imidazole rings is 2. The van der Waals surface area contributed by atoms with Gasteiger partial charge in [-0.3, -0.25) is 112 Å². The number of ether oxygens (including phenoxy) is 8. The van der Waals surface area contributed by atoms with Gasteiger partial charge in [0.25, 0.3) is 22.2 Å². The van der Waals surface area contributed by atoms with Gasteiger partial charge in [-0.05, 0) is 13.8 Å². The number of phosphoric ester groups is 5. The molecule has 7 aliphatic rings. The van der Waals surface area contributed by atoms with Gasteiger partial charge >= 0.3 is 61.9 Å². The maximum absolute atomic E-state index is 14.6. The van der Waals surface area contributed by atoms with Crippen LogP contribution in [0.15, 0.2) is 88.5 Å². The number of aromatic nitrogens is 16. The summed E-state index contributed by atoms with van der Waals surface area (Å²) >= 11 is 0. The predicted octanol–water partition coefficient (Wildman–Crippen LogP) is -3.53. The molecule has 0 aliphatic carbocycles. The highest BCUT2D eigenvalue weighted by Crippen LogP contribution is 2.57. The molecule has 15 N–H and O–H groups in total. The van der Waals surface area contributed by atoms with Crippen LogP contribution in [-0.4, -0.2) is 251 Å². The summed E-state index contributed by atoms with van der Waals surface area (Å²) in [7, 11) is -26.1. The van der Waals surface area contributed by atoms with Crippen LogP contribution in [-0.2, 0) is 106 Å². The zero-order valence-electron chi connectivity index (χ0n) is 62.8. The van der Waals surface area contributed by atoms with Crippen LogP contribution in [0.25, 0.3) is 33.5 Å². The lowest BCUT2D eigenvalue weighted by Gasteiger charge is -2.28. The van der Waals surface area contributed by atoms with E-state index in [1.54, 1.807) is 0 Å². The number of nitrogens with one attached hydrogen (secondary N) is 4. The molecule has 658 valence electrons. The van der Waals surface area contributed by atoms with E-state index in [1.807, 2.05) is 9.97 Å². The van der Waals surface area contributed by atoms with Crippen LogP contribution in [0.5, 0.6) is 0 Å². The minimum Gasteiger partial charge on any atom is -0.394 e. The van der Waals surface area contributed by atoms with Gasteiger partial charge in [-0.2, -0.15) is 0 Å². The lowest BCUT2D eigenvalue weighted by Crippen LogP contribution is -2.41. The first kappa shape index (κ1) is 87.5. The molecule has 5 unspecified atom stereocenters. The summed E-state index contributed by atoms with van der Waals surface area (Å²) in [5.74, 6) is -0.155. The normalized spacial score (nSPS) is 32.0. The van der Waals surface area contributed by atoms with Crippen molar-refractivity contribution >= 4 is 73.1 Å². The topological polar surface area (TPSA) is 752 Å². The highest BCUT2D eigenvalue weighted by molar-refractivity contribution is 7.48. The fraction of sp³-hybridized carbons (Fsp3) is 0.567. The molecule has 56 nitrogen and oxygen atoms in total. The van der Waals surface area contributed by atoms with E-state index in [0.29, 0.717) is 9.13 Å². The third kappa shape index (κ3) is 18.3. The smallest absolute Gasteiger partial charge is 0.394 e. The molecule has 121 heavy (non-hydrogen) atoms. The molecule has 8 aromatic heterocycles. The molecule has 8 bridgehead atoms. The Kier molecular flexibility index (Phi) is 24.8. The SMILES string of the molecule is CO[C@@H]1[C@H](OP(=O)(O)OC[C@H]2O[C@@H](n3cnc4c(N)ncnc43)C[C@@H]2OP(=O)(O)OC[C@H]2O[C@@H](n3cc(C)c(=O)[nH]c3=O)C[C@@H]2O)[C@H]2COP(=O)(O)O[C@H]3[C@@H](OC)[C@@H](O[C@@H]3COP(=O)(O)O[C@H]3C[C@H](n4cnc5c(N)ncnc54)O[C@@H]3COP(=O)(O)O[C@H]3C[C@H](n4cc(C)c(=O)[nH]c4=O)O[C@@H]3CO)n3cc(c(=O)[nH]c3=O)-c3cn(c(=O)[nH]c3=O)[C@@H]1O2. The van der Waals surface area contributed by atoms with E-state index in [9.17, 15) is 95.9 Å². The standard InChI is InChI=1S/C60H75N18O38P5/c1-23-9-73(57(85)69-51(23)81)37-5-27(80)32(107-37)14-101-117(89,90)113-30-8-40(78-22-68-42-48(62)64-20-66-50(42)78)109-34(30)16-103-120(95,96)115-44-36-18-105-121(97,98)116-43-35(110-55(45(43)99-3)75-11-25(53(83)71-59(75)87)26-12-76(60(88)72-54(26)84)56(111-36)46(44)100-4)17-104-119(93,94)114-29-7-39(77-21-67-41-47(61)63-19-65-49(41)77)108-33(29)15-102-118(91,92)112-28-6-38(106-31(28)13-79)74-10-24(2)52(82)70-58(74)86/h9-12,19-22,27-40,43-46,55-56,79-80H,5-8,13-18H2,1-4H3,(H,89,90)(H,91,92)(H,93,94)(H,95,96)(H,97,98)(H2,61,63,65)(H2,62,64,66)(H,69,81,85)(H,70,82,86)(H,71,83,87)(H,72,84,88)/t27-,28-,29-,30-,31+,32+,33+,34+,35+,36+,37+,38+,39+,40+,43+,44+,45+,46+,55+,56+/m0/s1. The van der Waals surface area contributed by atoms with Crippen molar-refractivity contribution in [2.45, 2.75) is 162 Å². The average Bonchev–Trinajstić information content (AvgIpc) is 1.62. The second kappa shape index (κ2) is 34.2. The molecule has 0 spiro atoms. The monoisotopic (exact) mass is 1810 g/mol. The van der Waals surface area contributed by atoms with Crippen molar-refractivity contribution in [2.75, 3.05) is 65.3 Å². The number of hydrogen-bond donors (Lipinski definition) is 13. The minimum atomic E-state index is -5.84. The largest absolute Gasteiger partial charge is 0.472 e. The van der Waals surface area contributed by atoms with Gasteiger partial charge in [0.2, 0.25) is 0 Å². The molecule has 15 rings (SSSR count). The number of aliphatic hydroxyl groups is 2. The van der Waals surface area contributed by atoms with E-state index in [1.165, 1.54) is 41.8 Å². The number of nitrogens with two attached hydrogens (primary N) is 2. The van der Waals surface area contributed by atoms with Crippen LogP contribution >= 0.6 is 39.1 Å². The molecule has 6 saturated heterocycles. The van der Waals surface area contributed by atoms with E-state index in [-0.39, 0.29) is 57.9 Å². The van der Waals surface area contributed by atoms with Crippen molar-refractivity contribution in [3.05, 3.63) is 145 Å². The Morgan fingerprint density at radius 2 is 0.884 bits per heavy atom. The van der Waals surface area contributed by atoms with Crippen LogP contribution in [0.4, 0.5) is 11.6 Å². The Labute approximate surface area is 672 Å². The van der Waals surface area contributed by atoms with Crippen molar-refractivity contribution in [1.82, 2.24) is 77.2 Å². The Bertz CT molecular complexity index is 6060. The number of rotatable bonds is 27. The van der Waals surface area contributed by atoms with E-state index >= 15 is 0 Å². The summed E-state index contributed by atoms with van der Waals surface area (Å²) in [4.78, 5) is 196. The van der Waals surface area contributed by atoms with Crippen LogP contribution in [0, 0.1) is 13.8 Å². The number of aromatic amines is 4. The molecule has 8 aromatic rings. The molecule has 6 fully saturated rings. The molecule has 25 atom stereocenters. The second-order valence-corrected chi connectivity index (χ2v) is 35.2. The van der Waals surface area contributed by atoms with Crippen LogP contribution < -0.4 is 56.5 Å². The van der Waals surface area contributed by atoms with Crippen LogP contribution in [0.1, 0.15) is 74.2 Å². The Morgan fingerprint density at radius 1 is 0.488 bits per heavy atom. The molecule has 0 saturated carbocycles. The van der Waals surface area contributed by atoms with E-state index in [2.05, 4.69) is 39.9 Å². The number of methoxy groups -OCH3 is 2. The van der Waals surface area contributed by atoms with Gasteiger partial charge < -0.3 is 84.0 Å². The van der Waals surface area contributed by atoms with Gasteiger partial charge in [0.1, 0.15) is 128 Å². The number of nitrogen functional groups attached to an aromatic ring is 2. The number of aliphatic hydroxyl groups excluding tert-OH is 2. The van der Waals surface area contributed by atoms with E-state index in [0.717, 1.165) is 54.6 Å². The molecule has 0 radical (unpaired) electrons. The van der Waals surface area contributed by atoms with E-state index in [4.69, 9.17) is 94.6 Å². The average molecular weight is 1810 g/mol. The highest BCUT2D eigenvalue weighted by Gasteiger charge is 2.56.